The molecule has 0 radical (unpaired) electrons. The van der Waals surface area contributed by atoms with Gasteiger partial charge in [0.2, 0.25) is 6.41 Å². The SMILES string of the molecule is CC(C)c1ccccc1-c1ccc(C2CCN(C=O)C2)c(CO)c1. The van der Waals surface area contributed by atoms with Crippen LogP contribution in [0, 0.1) is 0 Å². The molecule has 3 nitrogen and oxygen atoms in total. The van der Waals surface area contributed by atoms with Gasteiger partial charge in [-0.15, -0.1) is 0 Å². The molecule has 24 heavy (non-hydrogen) atoms. The van der Waals surface area contributed by atoms with E-state index in [1.165, 1.54) is 16.7 Å². The normalized spacial score (nSPS) is 17.5. The second kappa shape index (κ2) is 7.18. The number of nitrogens with zero attached hydrogens (tertiary/aromatic N) is 1. The van der Waals surface area contributed by atoms with Crippen LogP contribution in [0.25, 0.3) is 11.1 Å². The molecular weight excluding hydrogens is 298 g/mol. The van der Waals surface area contributed by atoms with Crippen LogP contribution in [0.3, 0.4) is 0 Å². The average Bonchev–Trinajstić information content (AvgIpc) is 3.10. The van der Waals surface area contributed by atoms with Crippen molar-refractivity contribution in [3.63, 3.8) is 0 Å². The van der Waals surface area contributed by atoms with Crippen molar-refractivity contribution < 1.29 is 9.90 Å². The number of rotatable bonds is 5. The molecule has 126 valence electrons. The van der Waals surface area contributed by atoms with Crippen molar-refractivity contribution in [1.82, 2.24) is 4.90 Å². The van der Waals surface area contributed by atoms with Gasteiger partial charge in [0.1, 0.15) is 0 Å². The zero-order valence-electron chi connectivity index (χ0n) is 14.4. The van der Waals surface area contributed by atoms with Crippen LogP contribution in [-0.4, -0.2) is 29.5 Å². The van der Waals surface area contributed by atoms with E-state index in [1.54, 1.807) is 0 Å². The smallest absolute Gasteiger partial charge is 0.209 e. The van der Waals surface area contributed by atoms with Crippen LogP contribution in [0.5, 0.6) is 0 Å². The van der Waals surface area contributed by atoms with E-state index in [0.717, 1.165) is 37.0 Å². The molecule has 0 saturated carbocycles. The van der Waals surface area contributed by atoms with E-state index in [4.69, 9.17) is 0 Å². The molecule has 0 spiro atoms. The first-order valence-corrected chi connectivity index (χ1v) is 8.66. The number of aliphatic hydroxyl groups is 1. The minimum absolute atomic E-state index is 0.0323. The molecule has 1 atom stereocenters. The van der Waals surface area contributed by atoms with Crippen molar-refractivity contribution in [3.8, 4) is 11.1 Å². The van der Waals surface area contributed by atoms with Crippen LogP contribution in [-0.2, 0) is 11.4 Å². The monoisotopic (exact) mass is 323 g/mol. The van der Waals surface area contributed by atoms with E-state index in [0.29, 0.717) is 11.8 Å². The van der Waals surface area contributed by atoms with Crippen LogP contribution in [0.4, 0.5) is 0 Å². The molecule has 0 aliphatic carbocycles. The second-order valence-electron chi connectivity index (χ2n) is 6.90. The van der Waals surface area contributed by atoms with Crippen LogP contribution < -0.4 is 0 Å². The van der Waals surface area contributed by atoms with Crippen LogP contribution in [0.2, 0.25) is 0 Å². The number of amides is 1. The maximum absolute atomic E-state index is 11.0. The molecule has 1 unspecified atom stereocenters. The minimum atomic E-state index is 0.0323. The quantitative estimate of drug-likeness (QED) is 0.847. The number of carbonyl (C=O) groups is 1. The summed E-state index contributed by atoms with van der Waals surface area (Å²) in [7, 11) is 0. The third-order valence-electron chi connectivity index (χ3n) is 5.02. The molecule has 0 aromatic heterocycles. The number of hydrogen-bond acceptors (Lipinski definition) is 2. The highest BCUT2D eigenvalue weighted by atomic mass is 16.3. The standard InChI is InChI=1S/C21H25NO2/c1-15(2)19-5-3-4-6-21(19)16-7-8-20(18(11-16)13-23)17-9-10-22(12-17)14-24/h3-8,11,14-15,17,23H,9-10,12-13H2,1-2H3. The number of likely N-dealkylation sites (tertiary alicyclic amines) is 1. The predicted molar refractivity (Wildman–Crippen MR) is 96.9 cm³/mol. The third-order valence-corrected chi connectivity index (χ3v) is 5.02. The van der Waals surface area contributed by atoms with Gasteiger partial charge in [0, 0.05) is 19.0 Å². The summed E-state index contributed by atoms with van der Waals surface area (Å²) in [6.45, 7) is 5.99. The lowest BCUT2D eigenvalue weighted by atomic mass is 9.88. The maximum Gasteiger partial charge on any atom is 0.209 e. The Hall–Kier alpha value is -2.13. The summed E-state index contributed by atoms with van der Waals surface area (Å²) >= 11 is 0. The first-order chi connectivity index (χ1) is 11.6. The topological polar surface area (TPSA) is 40.5 Å². The van der Waals surface area contributed by atoms with Gasteiger partial charge in [0.25, 0.3) is 0 Å². The Balaban J connectivity index is 1.97. The van der Waals surface area contributed by atoms with Crippen molar-refractivity contribution in [2.75, 3.05) is 13.1 Å². The lowest BCUT2D eigenvalue weighted by Gasteiger charge is -2.18. The Labute approximate surface area is 143 Å². The fourth-order valence-electron chi connectivity index (χ4n) is 3.71. The Morgan fingerprint density at radius 3 is 2.71 bits per heavy atom. The van der Waals surface area contributed by atoms with Gasteiger partial charge in [-0.3, -0.25) is 4.79 Å². The highest BCUT2D eigenvalue weighted by molar-refractivity contribution is 5.69. The number of aliphatic hydroxyl groups excluding tert-OH is 1. The predicted octanol–water partition coefficient (Wildman–Crippen LogP) is 3.92. The van der Waals surface area contributed by atoms with Gasteiger partial charge in [-0.2, -0.15) is 0 Å². The van der Waals surface area contributed by atoms with Crippen LogP contribution in [0.1, 0.15) is 48.8 Å². The van der Waals surface area contributed by atoms with Crippen molar-refractivity contribution in [3.05, 3.63) is 59.2 Å². The zero-order valence-corrected chi connectivity index (χ0v) is 14.4. The molecule has 3 rings (SSSR count). The molecule has 2 aromatic carbocycles. The number of carbonyl (C=O) groups excluding carboxylic acids is 1. The molecule has 1 aliphatic heterocycles. The first-order valence-electron chi connectivity index (χ1n) is 8.66. The number of benzene rings is 2. The van der Waals surface area contributed by atoms with Gasteiger partial charge in [0.05, 0.1) is 6.61 Å². The van der Waals surface area contributed by atoms with Crippen molar-refractivity contribution >= 4 is 6.41 Å². The Kier molecular flexibility index (Phi) is 5.00. The Morgan fingerprint density at radius 1 is 1.25 bits per heavy atom. The molecule has 1 heterocycles. The molecule has 1 amide bonds. The molecule has 1 aliphatic rings. The summed E-state index contributed by atoms with van der Waals surface area (Å²) in [5, 5.41) is 9.87. The van der Waals surface area contributed by atoms with Crippen molar-refractivity contribution in [2.24, 2.45) is 0 Å². The lowest BCUT2D eigenvalue weighted by molar-refractivity contribution is -0.117. The molecule has 3 heteroatoms. The molecule has 0 bridgehead atoms. The van der Waals surface area contributed by atoms with Crippen molar-refractivity contribution in [2.45, 2.75) is 38.7 Å². The Morgan fingerprint density at radius 2 is 2.04 bits per heavy atom. The van der Waals surface area contributed by atoms with E-state index in [9.17, 15) is 9.90 Å². The minimum Gasteiger partial charge on any atom is -0.392 e. The summed E-state index contributed by atoms with van der Waals surface area (Å²) in [6.07, 6.45) is 1.89. The summed E-state index contributed by atoms with van der Waals surface area (Å²) in [5.74, 6) is 0.779. The second-order valence-corrected chi connectivity index (χ2v) is 6.90. The van der Waals surface area contributed by atoms with E-state index in [1.807, 2.05) is 4.90 Å². The van der Waals surface area contributed by atoms with Gasteiger partial charge in [-0.25, -0.2) is 0 Å². The van der Waals surface area contributed by atoms with E-state index in [-0.39, 0.29) is 6.61 Å². The van der Waals surface area contributed by atoms with E-state index < -0.39 is 0 Å². The highest BCUT2D eigenvalue weighted by Gasteiger charge is 2.24. The summed E-state index contributed by atoms with van der Waals surface area (Å²) < 4.78 is 0. The van der Waals surface area contributed by atoms with Crippen LogP contribution >= 0.6 is 0 Å². The molecule has 1 fully saturated rings. The van der Waals surface area contributed by atoms with Gasteiger partial charge in [-0.1, -0.05) is 50.2 Å². The summed E-state index contributed by atoms with van der Waals surface area (Å²) in [5.41, 5.74) is 5.85. The molecule has 2 aromatic rings. The molecular formula is C21H25NO2. The fraction of sp³-hybridized carbons (Fsp3) is 0.381. The van der Waals surface area contributed by atoms with E-state index in [2.05, 4.69) is 56.3 Å². The average molecular weight is 323 g/mol. The lowest BCUT2D eigenvalue weighted by Crippen LogP contribution is -2.17. The van der Waals surface area contributed by atoms with E-state index >= 15 is 0 Å². The maximum atomic E-state index is 11.0. The van der Waals surface area contributed by atoms with Gasteiger partial charge < -0.3 is 10.0 Å². The number of hydrogen-bond donors (Lipinski definition) is 1. The van der Waals surface area contributed by atoms with Gasteiger partial charge in [0.15, 0.2) is 0 Å². The van der Waals surface area contributed by atoms with Gasteiger partial charge >= 0.3 is 0 Å². The summed E-state index contributed by atoms with van der Waals surface area (Å²) in [6, 6.07) is 14.9. The molecule has 1 N–H and O–H groups in total. The Bertz CT molecular complexity index is 724. The molecule has 1 saturated heterocycles. The fourth-order valence-corrected chi connectivity index (χ4v) is 3.71. The zero-order chi connectivity index (χ0) is 17.1. The largest absolute Gasteiger partial charge is 0.392 e. The van der Waals surface area contributed by atoms with Crippen LogP contribution in [0.15, 0.2) is 42.5 Å². The summed E-state index contributed by atoms with van der Waals surface area (Å²) in [4.78, 5) is 12.8. The third kappa shape index (κ3) is 3.22. The highest BCUT2D eigenvalue weighted by Crippen LogP contribution is 2.34. The van der Waals surface area contributed by atoms with Crippen molar-refractivity contribution in [1.29, 1.82) is 0 Å². The first kappa shape index (κ1) is 16.7. The van der Waals surface area contributed by atoms with Gasteiger partial charge in [-0.05, 0) is 46.2 Å².